The molecule has 3 rings (SSSR count). The molecule has 8 nitrogen and oxygen atoms in total. The average molecular weight is 432 g/mol. The van der Waals surface area contributed by atoms with Crippen LogP contribution >= 0.6 is 0 Å². The minimum absolute atomic E-state index is 0.0662. The second-order valence-corrected chi connectivity index (χ2v) is 7.09. The molecule has 164 valence electrons. The van der Waals surface area contributed by atoms with Crippen LogP contribution in [0.5, 0.6) is 5.75 Å². The maximum Gasteiger partial charge on any atom is 0.387 e. The summed E-state index contributed by atoms with van der Waals surface area (Å²) in [5.41, 5.74) is 1.05. The van der Waals surface area contributed by atoms with Gasteiger partial charge in [-0.25, -0.2) is 0 Å². The Hall–Kier alpha value is -3.45. The lowest BCUT2D eigenvalue weighted by molar-refractivity contribution is -0.117. The maximum atomic E-state index is 12.7. The van der Waals surface area contributed by atoms with E-state index in [0.29, 0.717) is 43.1 Å². The number of rotatable bonds is 6. The highest BCUT2D eigenvalue weighted by Gasteiger charge is 2.26. The average Bonchev–Trinajstić information content (AvgIpc) is 3.00. The van der Waals surface area contributed by atoms with Crippen LogP contribution in [-0.2, 0) is 4.79 Å². The third-order valence-electron chi connectivity index (χ3n) is 5.11. The molecule has 1 saturated heterocycles. The number of benzene rings is 1. The molecular weight excluding hydrogens is 410 g/mol. The van der Waals surface area contributed by atoms with Gasteiger partial charge < -0.3 is 14.1 Å². The first kappa shape index (κ1) is 22.2. The second kappa shape index (κ2) is 9.57. The zero-order chi connectivity index (χ0) is 22.5. The summed E-state index contributed by atoms with van der Waals surface area (Å²) in [4.78, 5) is 28.5. The monoisotopic (exact) mass is 432 g/mol. The molecule has 0 unspecified atom stereocenters. The molecule has 1 aliphatic rings. The molecule has 0 aliphatic carbocycles. The third-order valence-corrected chi connectivity index (χ3v) is 5.11. The van der Waals surface area contributed by atoms with Crippen molar-refractivity contribution in [1.82, 2.24) is 9.80 Å². The van der Waals surface area contributed by atoms with Gasteiger partial charge in [0.15, 0.2) is 0 Å². The molecule has 1 fully saturated rings. The highest BCUT2D eigenvalue weighted by atomic mass is 19.3. The fourth-order valence-corrected chi connectivity index (χ4v) is 3.34. The van der Waals surface area contributed by atoms with Crippen LogP contribution in [0.25, 0.3) is 0 Å². The lowest BCUT2D eigenvalue weighted by Gasteiger charge is -2.34. The number of piperazine rings is 1. The van der Waals surface area contributed by atoms with Gasteiger partial charge >= 0.3 is 6.61 Å². The predicted octanol–water partition coefficient (Wildman–Crippen LogP) is 2.77. The van der Waals surface area contributed by atoms with Crippen LogP contribution in [0.3, 0.4) is 0 Å². The van der Waals surface area contributed by atoms with E-state index in [0.717, 1.165) is 0 Å². The number of halogens is 2. The molecule has 1 N–H and O–H groups in total. The third kappa shape index (κ3) is 5.19. The number of hydrogen-bond donors (Lipinski definition) is 1. The maximum absolute atomic E-state index is 12.7. The van der Waals surface area contributed by atoms with Crippen LogP contribution in [0.15, 0.2) is 28.7 Å². The van der Waals surface area contributed by atoms with E-state index in [9.17, 15) is 23.6 Å². The summed E-state index contributed by atoms with van der Waals surface area (Å²) in [5, 5.41) is 11.8. The number of anilines is 1. The fraction of sp³-hybridized carbons (Fsp3) is 0.381. The quantitative estimate of drug-likeness (QED) is 0.754. The summed E-state index contributed by atoms with van der Waals surface area (Å²) < 4.78 is 35.1. The number of nitriles is 1. The Balaban J connectivity index is 1.55. The molecule has 10 heteroatoms. The van der Waals surface area contributed by atoms with Gasteiger partial charge in [0.25, 0.3) is 5.91 Å². The summed E-state index contributed by atoms with van der Waals surface area (Å²) in [6.45, 7) is 2.02. The molecule has 0 saturated carbocycles. The SMILES string of the molecule is Cc1oc(NC(=O)CN2CCN(C(=O)c3ccccc3OC(F)F)CC2)c(C#N)c1C. The van der Waals surface area contributed by atoms with Crippen molar-refractivity contribution >= 4 is 17.7 Å². The summed E-state index contributed by atoms with van der Waals surface area (Å²) in [6, 6.07) is 7.89. The van der Waals surface area contributed by atoms with Gasteiger partial charge in [0.1, 0.15) is 23.1 Å². The Morgan fingerprint density at radius 1 is 1.23 bits per heavy atom. The number of ether oxygens (including phenoxy) is 1. The number of para-hydroxylation sites is 1. The van der Waals surface area contributed by atoms with Gasteiger partial charge in [-0.3, -0.25) is 19.8 Å². The minimum Gasteiger partial charge on any atom is -0.444 e. The van der Waals surface area contributed by atoms with Gasteiger partial charge in [-0.05, 0) is 26.0 Å². The molecule has 1 aromatic heterocycles. The van der Waals surface area contributed by atoms with E-state index in [1.54, 1.807) is 19.9 Å². The lowest BCUT2D eigenvalue weighted by Crippen LogP contribution is -2.50. The van der Waals surface area contributed by atoms with E-state index in [1.807, 2.05) is 11.0 Å². The normalized spacial score (nSPS) is 14.4. The number of alkyl halides is 2. The molecule has 2 amide bonds. The molecular formula is C21H22F2N4O4. The first-order chi connectivity index (χ1) is 14.8. The van der Waals surface area contributed by atoms with Gasteiger partial charge in [0, 0.05) is 31.7 Å². The number of aryl methyl sites for hydroxylation is 1. The van der Waals surface area contributed by atoms with Crippen LogP contribution in [0, 0.1) is 25.2 Å². The predicted molar refractivity (Wildman–Crippen MR) is 107 cm³/mol. The Morgan fingerprint density at radius 3 is 2.55 bits per heavy atom. The van der Waals surface area contributed by atoms with Gasteiger partial charge in [0.2, 0.25) is 11.8 Å². The summed E-state index contributed by atoms with van der Waals surface area (Å²) in [5.74, 6) is -0.204. The van der Waals surface area contributed by atoms with Gasteiger partial charge in [-0.15, -0.1) is 0 Å². The van der Waals surface area contributed by atoms with E-state index >= 15 is 0 Å². The van der Waals surface area contributed by atoms with Crippen molar-refractivity contribution in [3.8, 4) is 11.8 Å². The van der Waals surface area contributed by atoms with Gasteiger partial charge in [0.05, 0.1) is 12.1 Å². The standard InChI is InChI=1S/C21H22F2N4O4/c1-13-14(2)30-19(16(13)11-24)25-18(28)12-26-7-9-27(10-8-26)20(29)15-5-3-4-6-17(15)31-21(22)23/h3-6,21H,7-10,12H2,1-2H3,(H,25,28). The molecule has 0 radical (unpaired) electrons. The molecule has 1 aliphatic heterocycles. The largest absolute Gasteiger partial charge is 0.444 e. The van der Waals surface area contributed by atoms with Crippen molar-refractivity contribution in [3.63, 3.8) is 0 Å². The van der Waals surface area contributed by atoms with E-state index in [1.165, 1.54) is 23.1 Å². The second-order valence-electron chi connectivity index (χ2n) is 7.09. The first-order valence-corrected chi connectivity index (χ1v) is 9.65. The molecule has 2 aromatic rings. The van der Waals surface area contributed by atoms with Crippen molar-refractivity contribution in [2.45, 2.75) is 20.5 Å². The molecule has 0 spiro atoms. The summed E-state index contributed by atoms with van der Waals surface area (Å²) in [6.07, 6.45) is 0. The van der Waals surface area contributed by atoms with Crippen LogP contribution in [0.4, 0.5) is 14.7 Å². The Kier molecular flexibility index (Phi) is 6.87. The number of furan rings is 1. The van der Waals surface area contributed by atoms with E-state index in [2.05, 4.69) is 10.1 Å². The van der Waals surface area contributed by atoms with E-state index in [-0.39, 0.29) is 29.6 Å². The van der Waals surface area contributed by atoms with Crippen molar-refractivity contribution in [2.75, 3.05) is 38.0 Å². The van der Waals surface area contributed by atoms with Gasteiger partial charge in [-0.1, -0.05) is 12.1 Å². The van der Waals surface area contributed by atoms with Crippen LogP contribution < -0.4 is 10.1 Å². The first-order valence-electron chi connectivity index (χ1n) is 9.65. The number of nitrogens with one attached hydrogen (secondary N) is 1. The lowest BCUT2D eigenvalue weighted by atomic mass is 10.1. The van der Waals surface area contributed by atoms with Crippen LogP contribution in [-0.4, -0.2) is 60.9 Å². The van der Waals surface area contributed by atoms with E-state index < -0.39 is 12.5 Å². The van der Waals surface area contributed by atoms with Crippen molar-refractivity contribution in [2.24, 2.45) is 0 Å². The Morgan fingerprint density at radius 2 is 1.90 bits per heavy atom. The summed E-state index contributed by atoms with van der Waals surface area (Å²) in [7, 11) is 0. The smallest absolute Gasteiger partial charge is 0.387 e. The van der Waals surface area contributed by atoms with Crippen LogP contribution in [0.2, 0.25) is 0 Å². The Bertz CT molecular complexity index is 1010. The highest BCUT2D eigenvalue weighted by Crippen LogP contribution is 2.25. The topological polar surface area (TPSA) is 98.8 Å². The number of carbonyl (C=O) groups excluding carboxylic acids is 2. The molecule has 0 bridgehead atoms. The number of hydrogen-bond acceptors (Lipinski definition) is 6. The minimum atomic E-state index is -3.02. The number of carbonyl (C=O) groups is 2. The van der Waals surface area contributed by atoms with Crippen molar-refractivity contribution in [3.05, 3.63) is 46.7 Å². The zero-order valence-corrected chi connectivity index (χ0v) is 17.2. The van der Waals surface area contributed by atoms with Crippen LogP contribution in [0.1, 0.15) is 27.2 Å². The fourth-order valence-electron chi connectivity index (χ4n) is 3.34. The Labute approximate surface area is 178 Å². The van der Waals surface area contributed by atoms with Crippen molar-refractivity contribution in [1.29, 1.82) is 5.26 Å². The molecule has 1 aromatic carbocycles. The zero-order valence-electron chi connectivity index (χ0n) is 17.2. The van der Waals surface area contributed by atoms with E-state index in [4.69, 9.17) is 4.42 Å². The number of nitrogens with zero attached hydrogens (tertiary/aromatic N) is 3. The van der Waals surface area contributed by atoms with Gasteiger partial charge in [-0.2, -0.15) is 14.0 Å². The highest BCUT2D eigenvalue weighted by molar-refractivity contribution is 5.97. The molecule has 2 heterocycles. The summed E-state index contributed by atoms with van der Waals surface area (Å²) >= 11 is 0. The number of amides is 2. The van der Waals surface area contributed by atoms with Crippen molar-refractivity contribution < 1.29 is 27.5 Å². The molecule has 31 heavy (non-hydrogen) atoms. The molecule has 0 atom stereocenters.